The van der Waals surface area contributed by atoms with Gasteiger partial charge in [-0.05, 0) is 28.8 Å². The molecule has 0 saturated heterocycles. The van der Waals surface area contributed by atoms with Gasteiger partial charge in [0, 0.05) is 6.54 Å². The molecule has 0 aromatic carbocycles. The molecular formula is C9H14BrN3OS. The highest BCUT2D eigenvalue weighted by atomic mass is 79.9. The van der Waals surface area contributed by atoms with Gasteiger partial charge in [0.2, 0.25) is 5.13 Å². The molecule has 15 heavy (non-hydrogen) atoms. The summed E-state index contributed by atoms with van der Waals surface area (Å²) in [6, 6.07) is 0. The minimum atomic E-state index is -0.545. The first-order valence-electron chi connectivity index (χ1n) is 5.13. The second-order valence-electron chi connectivity index (χ2n) is 4.00. The molecule has 0 unspecified atom stereocenters. The van der Waals surface area contributed by atoms with E-state index in [9.17, 15) is 5.11 Å². The standard InChI is InChI=1S/C9H14BrN3OS/c10-7-12-13-8(15-7)11-6-9(14)4-2-1-3-5-9/h14H,1-6H2,(H,11,13). The molecule has 1 aliphatic rings. The molecule has 0 spiro atoms. The van der Waals surface area contributed by atoms with Crippen molar-refractivity contribution in [3.8, 4) is 0 Å². The lowest BCUT2D eigenvalue weighted by Gasteiger charge is -2.31. The van der Waals surface area contributed by atoms with E-state index in [1.807, 2.05) is 0 Å². The Balaban J connectivity index is 1.86. The lowest BCUT2D eigenvalue weighted by molar-refractivity contribution is 0.0167. The van der Waals surface area contributed by atoms with E-state index in [1.165, 1.54) is 17.8 Å². The summed E-state index contributed by atoms with van der Waals surface area (Å²) in [5.41, 5.74) is -0.545. The molecule has 0 amide bonds. The number of aromatic nitrogens is 2. The molecule has 0 aliphatic heterocycles. The maximum atomic E-state index is 10.2. The van der Waals surface area contributed by atoms with Crippen LogP contribution in [0.4, 0.5) is 5.13 Å². The first-order valence-corrected chi connectivity index (χ1v) is 6.74. The molecular weight excluding hydrogens is 278 g/mol. The van der Waals surface area contributed by atoms with Gasteiger partial charge in [0.05, 0.1) is 5.60 Å². The summed E-state index contributed by atoms with van der Waals surface area (Å²) in [4.78, 5) is 0. The summed E-state index contributed by atoms with van der Waals surface area (Å²) >= 11 is 4.70. The molecule has 1 aromatic heterocycles. The molecule has 1 heterocycles. The number of nitrogens with zero attached hydrogens (tertiary/aromatic N) is 2. The maximum absolute atomic E-state index is 10.2. The van der Waals surface area contributed by atoms with Crippen LogP contribution in [0, 0.1) is 0 Å². The highest BCUT2D eigenvalue weighted by molar-refractivity contribution is 9.11. The molecule has 1 aromatic rings. The lowest BCUT2D eigenvalue weighted by atomic mass is 9.85. The summed E-state index contributed by atoms with van der Waals surface area (Å²) in [5.74, 6) is 0. The van der Waals surface area contributed by atoms with Crippen LogP contribution in [-0.2, 0) is 0 Å². The van der Waals surface area contributed by atoms with E-state index in [0.717, 1.165) is 34.7 Å². The molecule has 1 fully saturated rings. The second kappa shape index (κ2) is 4.76. The van der Waals surface area contributed by atoms with Crippen molar-refractivity contribution in [1.29, 1.82) is 0 Å². The van der Waals surface area contributed by atoms with Crippen molar-refractivity contribution in [2.45, 2.75) is 37.7 Å². The van der Waals surface area contributed by atoms with Gasteiger partial charge < -0.3 is 10.4 Å². The Morgan fingerprint density at radius 3 is 2.67 bits per heavy atom. The molecule has 84 valence electrons. The molecule has 2 N–H and O–H groups in total. The van der Waals surface area contributed by atoms with Gasteiger partial charge in [0.15, 0.2) is 3.92 Å². The van der Waals surface area contributed by atoms with Crippen molar-refractivity contribution in [1.82, 2.24) is 10.2 Å². The van der Waals surface area contributed by atoms with Gasteiger partial charge in [-0.15, -0.1) is 10.2 Å². The summed E-state index contributed by atoms with van der Waals surface area (Å²) < 4.78 is 0.764. The predicted octanol–water partition coefficient (Wildman–Crippen LogP) is 2.41. The van der Waals surface area contributed by atoms with Gasteiger partial charge in [0.25, 0.3) is 0 Å². The van der Waals surface area contributed by atoms with Gasteiger partial charge >= 0.3 is 0 Å². The minimum absolute atomic E-state index is 0.545. The van der Waals surface area contributed by atoms with Crippen molar-refractivity contribution >= 4 is 32.4 Å². The van der Waals surface area contributed by atoms with E-state index in [4.69, 9.17) is 0 Å². The van der Waals surface area contributed by atoms with Crippen LogP contribution in [0.1, 0.15) is 32.1 Å². The van der Waals surface area contributed by atoms with E-state index in [2.05, 4.69) is 31.4 Å². The zero-order chi connectivity index (χ0) is 10.7. The van der Waals surface area contributed by atoms with Gasteiger partial charge in [0.1, 0.15) is 0 Å². The highest BCUT2D eigenvalue weighted by Gasteiger charge is 2.29. The Bertz CT molecular complexity index is 325. The summed E-state index contributed by atoms with van der Waals surface area (Å²) in [7, 11) is 0. The average Bonchev–Trinajstić information content (AvgIpc) is 2.63. The number of aliphatic hydroxyl groups is 1. The Morgan fingerprint density at radius 1 is 1.33 bits per heavy atom. The number of hydrogen-bond acceptors (Lipinski definition) is 5. The number of anilines is 1. The number of hydrogen-bond donors (Lipinski definition) is 2. The molecule has 2 rings (SSSR count). The third-order valence-electron chi connectivity index (χ3n) is 2.75. The molecule has 6 heteroatoms. The summed E-state index contributed by atoms with van der Waals surface area (Å²) in [5, 5.41) is 21.9. The van der Waals surface area contributed by atoms with E-state index in [1.54, 1.807) is 0 Å². The topological polar surface area (TPSA) is 58.0 Å². The summed E-state index contributed by atoms with van der Waals surface area (Å²) in [6.07, 6.45) is 5.27. The van der Waals surface area contributed by atoms with E-state index in [0.29, 0.717) is 6.54 Å². The van der Waals surface area contributed by atoms with Crippen LogP contribution >= 0.6 is 27.3 Å². The van der Waals surface area contributed by atoms with E-state index in [-0.39, 0.29) is 0 Å². The van der Waals surface area contributed by atoms with Gasteiger partial charge in [-0.25, -0.2) is 0 Å². The smallest absolute Gasteiger partial charge is 0.206 e. The van der Waals surface area contributed by atoms with Gasteiger partial charge in [-0.2, -0.15) is 0 Å². The van der Waals surface area contributed by atoms with Crippen LogP contribution < -0.4 is 5.32 Å². The molecule has 0 bridgehead atoms. The molecule has 4 nitrogen and oxygen atoms in total. The fourth-order valence-corrected chi connectivity index (χ4v) is 2.91. The highest BCUT2D eigenvalue weighted by Crippen LogP contribution is 2.29. The second-order valence-corrected chi connectivity index (χ2v) is 6.25. The fourth-order valence-electron chi connectivity index (χ4n) is 1.90. The zero-order valence-electron chi connectivity index (χ0n) is 8.37. The van der Waals surface area contributed by atoms with Crippen molar-refractivity contribution in [3.05, 3.63) is 3.92 Å². The first-order chi connectivity index (χ1) is 7.18. The average molecular weight is 292 g/mol. The van der Waals surface area contributed by atoms with Crippen molar-refractivity contribution in [2.75, 3.05) is 11.9 Å². The fraction of sp³-hybridized carbons (Fsp3) is 0.778. The van der Waals surface area contributed by atoms with Crippen LogP contribution in [0.2, 0.25) is 0 Å². The van der Waals surface area contributed by atoms with E-state index < -0.39 is 5.60 Å². The molecule has 1 aliphatic carbocycles. The van der Waals surface area contributed by atoms with Crippen LogP contribution in [0.5, 0.6) is 0 Å². The Morgan fingerprint density at radius 2 is 2.07 bits per heavy atom. The van der Waals surface area contributed by atoms with Gasteiger partial charge in [-0.3, -0.25) is 0 Å². The Labute approximate surface area is 101 Å². The van der Waals surface area contributed by atoms with Crippen LogP contribution in [0.25, 0.3) is 0 Å². The largest absolute Gasteiger partial charge is 0.388 e. The molecule has 0 radical (unpaired) electrons. The maximum Gasteiger partial charge on any atom is 0.206 e. The third-order valence-corrected chi connectivity index (χ3v) is 4.07. The van der Waals surface area contributed by atoms with Crippen molar-refractivity contribution in [3.63, 3.8) is 0 Å². The SMILES string of the molecule is OC1(CNc2nnc(Br)s2)CCCCC1. The lowest BCUT2D eigenvalue weighted by Crippen LogP contribution is -2.38. The molecule has 0 atom stereocenters. The molecule has 1 saturated carbocycles. The van der Waals surface area contributed by atoms with Crippen LogP contribution in [0.3, 0.4) is 0 Å². The predicted molar refractivity (Wildman–Crippen MR) is 64.1 cm³/mol. The number of halogens is 1. The monoisotopic (exact) mass is 291 g/mol. The Kier molecular flexibility index (Phi) is 3.58. The number of rotatable bonds is 3. The Hall–Kier alpha value is -0.200. The van der Waals surface area contributed by atoms with Crippen LogP contribution in [-0.4, -0.2) is 27.4 Å². The summed E-state index contributed by atoms with van der Waals surface area (Å²) in [6.45, 7) is 0.578. The zero-order valence-corrected chi connectivity index (χ0v) is 10.8. The van der Waals surface area contributed by atoms with Crippen molar-refractivity contribution < 1.29 is 5.11 Å². The normalized spacial score (nSPS) is 20.1. The van der Waals surface area contributed by atoms with Gasteiger partial charge in [-0.1, -0.05) is 30.6 Å². The quantitative estimate of drug-likeness (QED) is 0.898. The third kappa shape index (κ3) is 3.12. The van der Waals surface area contributed by atoms with E-state index >= 15 is 0 Å². The van der Waals surface area contributed by atoms with Crippen LogP contribution in [0.15, 0.2) is 3.92 Å². The minimum Gasteiger partial charge on any atom is -0.388 e. The number of nitrogens with one attached hydrogen (secondary N) is 1. The first kappa shape index (κ1) is 11.3. The van der Waals surface area contributed by atoms with Crippen molar-refractivity contribution in [2.24, 2.45) is 0 Å².